The number of phenolic OH excluding ortho intramolecular Hbond substituents is 3. The van der Waals surface area contributed by atoms with Crippen molar-refractivity contribution in [2.45, 2.75) is 6.42 Å². The number of hydrogen-bond acceptors (Lipinski definition) is 6. The Morgan fingerprint density at radius 1 is 1.00 bits per heavy atom. The summed E-state index contributed by atoms with van der Waals surface area (Å²) in [4.78, 5) is 23.5. The third-order valence-corrected chi connectivity index (χ3v) is 2.98. The number of amides is 2. The molecule has 2 aromatic carbocycles. The van der Waals surface area contributed by atoms with Crippen LogP contribution in [-0.4, -0.2) is 27.1 Å². The van der Waals surface area contributed by atoms with E-state index in [4.69, 9.17) is 5.26 Å². The Balaban J connectivity index is 2.15. The third kappa shape index (κ3) is 3.92. The maximum Gasteiger partial charge on any atom is 0.255 e. The summed E-state index contributed by atoms with van der Waals surface area (Å²) in [6.45, 7) is 0. The number of anilines is 2. The van der Waals surface area contributed by atoms with Crippen LogP contribution in [0.3, 0.4) is 0 Å². The van der Waals surface area contributed by atoms with Gasteiger partial charge in [-0.05, 0) is 30.3 Å². The van der Waals surface area contributed by atoms with Gasteiger partial charge in [-0.2, -0.15) is 5.26 Å². The smallest absolute Gasteiger partial charge is 0.255 e. The predicted molar refractivity (Wildman–Crippen MR) is 84.7 cm³/mol. The highest BCUT2D eigenvalue weighted by atomic mass is 16.3. The van der Waals surface area contributed by atoms with Gasteiger partial charge < -0.3 is 26.0 Å². The first-order valence-electron chi connectivity index (χ1n) is 6.74. The number of carbonyl (C=O) groups excluding carboxylic acids is 2. The van der Waals surface area contributed by atoms with Crippen LogP contribution in [0.1, 0.15) is 16.8 Å². The number of hydrogen-bond donors (Lipinski definition) is 5. The zero-order valence-corrected chi connectivity index (χ0v) is 12.3. The number of aromatic hydroxyl groups is 3. The molecular weight excluding hydrogens is 314 g/mol. The predicted octanol–water partition coefficient (Wildman–Crippen LogP) is 1.91. The van der Waals surface area contributed by atoms with Crippen molar-refractivity contribution in [2.24, 2.45) is 0 Å². The fourth-order valence-corrected chi connectivity index (χ4v) is 1.89. The molecule has 0 heterocycles. The van der Waals surface area contributed by atoms with Crippen molar-refractivity contribution < 1.29 is 24.9 Å². The van der Waals surface area contributed by atoms with Crippen LogP contribution in [-0.2, 0) is 4.79 Å². The molecule has 0 spiro atoms. The molecule has 0 aliphatic carbocycles. The van der Waals surface area contributed by atoms with Crippen LogP contribution >= 0.6 is 0 Å². The summed E-state index contributed by atoms with van der Waals surface area (Å²) in [5.74, 6) is -3.08. The molecule has 24 heavy (non-hydrogen) atoms. The molecule has 2 amide bonds. The first kappa shape index (κ1) is 16.6. The van der Waals surface area contributed by atoms with E-state index in [1.54, 1.807) is 24.3 Å². The summed E-state index contributed by atoms with van der Waals surface area (Å²) in [7, 11) is 0. The first-order valence-corrected chi connectivity index (χ1v) is 6.74. The van der Waals surface area contributed by atoms with E-state index in [2.05, 4.69) is 10.6 Å². The van der Waals surface area contributed by atoms with Crippen molar-refractivity contribution >= 4 is 23.2 Å². The van der Waals surface area contributed by atoms with Crippen LogP contribution in [0, 0.1) is 11.3 Å². The van der Waals surface area contributed by atoms with Gasteiger partial charge in [-0.1, -0.05) is 6.07 Å². The second kappa shape index (κ2) is 7.02. The summed E-state index contributed by atoms with van der Waals surface area (Å²) < 4.78 is 0. The number of nitrogens with one attached hydrogen (secondary N) is 2. The maximum absolute atomic E-state index is 12.1. The average molecular weight is 327 g/mol. The number of nitriles is 1. The molecular formula is C16H13N3O5. The Kier molecular flexibility index (Phi) is 4.87. The van der Waals surface area contributed by atoms with Crippen molar-refractivity contribution in [2.75, 3.05) is 10.6 Å². The van der Waals surface area contributed by atoms with Gasteiger partial charge in [0.2, 0.25) is 5.91 Å². The van der Waals surface area contributed by atoms with Gasteiger partial charge in [0.05, 0.1) is 6.07 Å². The Hall–Kier alpha value is -3.73. The lowest BCUT2D eigenvalue weighted by Crippen LogP contribution is -2.13. The Bertz CT molecular complexity index is 819. The molecule has 0 radical (unpaired) electrons. The van der Waals surface area contributed by atoms with Crippen LogP contribution < -0.4 is 10.6 Å². The fraction of sp³-hybridized carbons (Fsp3) is 0.0625. The largest absolute Gasteiger partial charge is 0.504 e. The molecule has 8 heteroatoms. The molecule has 0 saturated carbocycles. The average Bonchev–Trinajstić information content (AvgIpc) is 2.52. The molecule has 5 N–H and O–H groups in total. The minimum Gasteiger partial charge on any atom is -0.504 e. The summed E-state index contributed by atoms with van der Waals surface area (Å²) in [5.41, 5.74) is 0.674. The lowest BCUT2D eigenvalue weighted by atomic mass is 10.1. The first-order chi connectivity index (χ1) is 11.4. The monoisotopic (exact) mass is 327 g/mol. The van der Waals surface area contributed by atoms with Gasteiger partial charge in [0.25, 0.3) is 5.91 Å². The van der Waals surface area contributed by atoms with Gasteiger partial charge in [0.1, 0.15) is 6.42 Å². The molecule has 2 aromatic rings. The number of phenols is 3. The lowest BCUT2D eigenvalue weighted by Gasteiger charge is -2.09. The van der Waals surface area contributed by atoms with Gasteiger partial charge in [-0.25, -0.2) is 0 Å². The molecule has 0 aliphatic heterocycles. The molecule has 0 atom stereocenters. The van der Waals surface area contributed by atoms with Crippen LogP contribution in [0.4, 0.5) is 11.4 Å². The highest BCUT2D eigenvalue weighted by molar-refractivity contribution is 6.05. The molecule has 2 rings (SSSR count). The summed E-state index contributed by atoms with van der Waals surface area (Å²) in [5, 5.41) is 41.6. The normalized spacial score (nSPS) is 9.79. The van der Waals surface area contributed by atoms with E-state index in [1.165, 1.54) is 6.07 Å². The molecule has 0 bridgehead atoms. The minimum absolute atomic E-state index is 0.0679. The van der Waals surface area contributed by atoms with E-state index in [0.29, 0.717) is 11.4 Å². The highest BCUT2D eigenvalue weighted by Gasteiger charge is 2.14. The molecule has 122 valence electrons. The number of carbonyl (C=O) groups is 2. The van der Waals surface area contributed by atoms with Crippen LogP contribution in [0.25, 0.3) is 0 Å². The van der Waals surface area contributed by atoms with Crippen LogP contribution in [0.15, 0.2) is 36.4 Å². The van der Waals surface area contributed by atoms with E-state index < -0.39 is 29.1 Å². The van der Waals surface area contributed by atoms with E-state index in [-0.39, 0.29) is 12.0 Å². The van der Waals surface area contributed by atoms with Gasteiger partial charge >= 0.3 is 0 Å². The Morgan fingerprint density at radius 2 is 1.58 bits per heavy atom. The standard InChI is InChI=1S/C16H13N3O5/c17-5-4-14(22)18-10-2-1-3-11(8-10)19-16(24)9-6-12(20)15(23)13(21)7-9/h1-3,6-8,20-21,23H,4H2,(H,18,22)(H,19,24). The van der Waals surface area contributed by atoms with Gasteiger partial charge in [-0.3, -0.25) is 9.59 Å². The Morgan fingerprint density at radius 3 is 2.17 bits per heavy atom. The topological polar surface area (TPSA) is 143 Å². The van der Waals surface area contributed by atoms with Crippen LogP contribution in [0.2, 0.25) is 0 Å². The van der Waals surface area contributed by atoms with Gasteiger partial charge in [0.15, 0.2) is 17.2 Å². The van der Waals surface area contributed by atoms with Gasteiger partial charge in [-0.15, -0.1) is 0 Å². The SMILES string of the molecule is N#CCC(=O)Nc1cccc(NC(=O)c2cc(O)c(O)c(O)c2)c1. The van der Waals surface area contributed by atoms with Crippen molar-refractivity contribution in [3.8, 4) is 23.3 Å². The second-order valence-electron chi connectivity index (χ2n) is 4.78. The zero-order chi connectivity index (χ0) is 17.7. The van der Waals surface area contributed by atoms with E-state index in [0.717, 1.165) is 12.1 Å². The zero-order valence-electron chi connectivity index (χ0n) is 12.3. The minimum atomic E-state index is -0.714. The molecule has 0 aliphatic rings. The summed E-state index contributed by atoms with van der Waals surface area (Å²) >= 11 is 0. The number of benzene rings is 2. The van der Waals surface area contributed by atoms with E-state index in [1.807, 2.05) is 0 Å². The van der Waals surface area contributed by atoms with Crippen molar-refractivity contribution in [1.29, 1.82) is 5.26 Å². The van der Waals surface area contributed by atoms with E-state index in [9.17, 15) is 24.9 Å². The lowest BCUT2D eigenvalue weighted by molar-refractivity contribution is -0.115. The summed E-state index contributed by atoms with van der Waals surface area (Å²) in [6.07, 6.45) is -0.289. The van der Waals surface area contributed by atoms with Crippen molar-refractivity contribution in [3.63, 3.8) is 0 Å². The van der Waals surface area contributed by atoms with Crippen molar-refractivity contribution in [1.82, 2.24) is 0 Å². The quantitative estimate of drug-likeness (QED) is 0.543. The second-order valence-corrected chi connectivity index (χ2v) is 4.78. The van der Waals surface area contributed by atoms with Gasteiger partial charge in [0, 0.05) is 16.9 Å². The number of rotatable bonds is 4. The molecule has 8 nitrogen and oxygen atoms in total. The molecule has 0 saturated heterocycles. The molecule has 0 aromatic heterocycles. The maximum atomic E-state index is 12.1. The van der Waals surface area contributed by atoms with Crippen molar-refractivity contribution in [3.05, 3.63) is 42.0 Å². The fourth-order valence-electron chi connectivity index (χ4n) is 1.89. The van der Waals surface area contributed by atoms with Crippen LogP contribution in [0.5, 0.6) is 17.2 Å². The molecule has 0 fully saturated rings. The third-order valence-electron chi connectivity index (χ3n) is 2.98. The number of nitrogens with zero attached hydrogens (tertiary/aromatic N) is 1. The highest BCUT2D eigenvalue weighted by Crippen LogP contribution is 2.35. The summed E-state index contributed by atoms with van der Waals surface area (Å²) in [6, 6.07) is 9.95. The Labute approximate surface area is 136 Å². The van der Waals surface area contributed by atoms with E-state index >= 15 is 0 Å². The molecule has 0 unspecified atom stereocenters.